The Morgan fingerprint density at radius 1 is 1.50 bits per heavy atom. The third-order valence-corrected chi connectivity index (χ3v) is 3.11. The van der Waals surface area contributed by atoms with Gasteiger partial charge in [-0.2, -0.15) is 0 Å². The maximum Gasteiger partial charge on any atom is 0.0855 e. The Balaban J connectivity index is 2.91. The Morgan fingerprint density at radius 3 is 2.86 bits per heavy atom. The van der Waals surface area contributed by atoms with E-state index in [-0.39, 0.29) is 6.10 Å². The highest BCUT2D eigenvalue weighted by Gasteiger charge is 2.13. The molecule has 0 aromatic heterocycles. The lowest BCUT2D eigenvalue weighted by molar-refractivity contribution is 0.0934. The van der Waals surface area contributed by atoms with Crippen molar-refractivity contribution in [2.75, 3.05) is 6.61 Å². The van der Waals surface area contributed by atoms with Crippen molar-refractivity contribution < 1.29 is 4.74 Å². The van der Waals surface area contributed by atoms with Crippen LogP contribution < -0.4 is 0 Å². The average molecular weight is 212 g/mol. The van der Waals surface area contributed by atoms with Crippen molar-refractivity contribution in [3.63, 3.8) is 0 Å². The monoisotopic (exact) mass is 212 g/mol. The van der Waals surface area contributed by atoms with Gasteiger partial charge in [0, 0.05) is 11.5 Å². The minimum atomic E-state index is 0.137. The van der Waals surface area contributed by atoms with Gasteiger partial charge in [-0.25, -0.2) is 0 Å². The van der Waals surface area contributed by atoms with Gasteiger partial charge < -0.3 is 4.74 Å². The Bertz CT molecular complexity index is 241. The summed E-state index contributed by atoms with van der Waals surface area (Å²) in [4.78, 5) is 1.08. The molecule has 0 aromatic rings. The van der Waals surface area contributed by atoms with Crippen LogP contribution in [-0.4, -0.2) is 12.7 Å². The van der Waals surface area contributed by atoms with Crippen LogP contribution in [0, 0.1) is 5.92 Å². The summed E-state index contributed by atoms with van der Waals surface area (Å²) in [5, 5.41) is 0. The molecule has 0 fully saturated rings. The van der Waals surface area contributed by atoms with Crippen molar-refractivity contribution in [1.82, 2.24) is 0 Å². The van der Waals surface area contributed by atoms with Gasteiger partial charge in [0.15, 0.2) is 0 Å². The number of ether oxygens (including phenoxy) is 1. The Hall–Kier alpha value is -0.210. The number of hydrogen-bond donors (Lipinski definition) is 1. The van der Waals surface area contributed by atoms with Gasteiger partial charge in [-0.1, -0.05) is 26.0 Å². The summed E-state index contributed by atoms with van der Waals surface area (Å²) in [6.45, 7) is 7.30. The van der Waals surface area contributed by atoms with E-state index in [9.17, 15) is 0 Å². The molecule has 0 aromatic carbocycles. The molecule has 0 radical (unpaired) electrons. The van der Waals surface area contributed by atoms with E-state index in [1.807, 2.05) is 0 Å². The van der Waals surface area contributed by atoms with Crippen LogP contribution in [0.5, 0.6) is 0 Å². The summed E-state index contributed by atoms with van der Waals surface area (Å²) in [5.41, 5.74) is 1.31. The quantitative estimate of drug-likeness (QED) is 0.654. The standard InChI is InChI=1S/C12H20OS/c1-9(2)11-7-5-4-6-8-13-10(3)12(11)14/h5,7,9-10,14H,4,6,8H2,1-3H3/b7-5-,12-11-. The summed E-state index contributed by atoms with van der Waals surface area (Å²) in [5.74, 6) is 0.517. The molecular formula is C12H20OS. The van der Waals surface area contributed by atoms with Crippen molar-refractivity contribution in [3.8, 4) is 0 Å². The van der Waals surface area contributed by atoms with Gasteiger partial charge >= 0.3 is 0 Å². The number of thiol groups is 1. The molecule has 1 rings (SSSR count). The summed E-state index contributed by atoms with van der Waals surface area (Å²) in [6, 6.07) is 0. The Kier molecular flexibility index (Phi) is 4.76. The maximum absolute atomic E-state index is 5.68. The molecule has 1 aliphatic heterocycles. The molecule has 14 heavy (non-hydrogen) atoms. The van der Waals surface area contributed by atoms with Crippen molar-refractivity contribution in [2.24, 2.45) is 5.92 Å². The van der Waals surface area contributed by atoms with Crippen LogP contribution in [0.4, 0.5) is 0 Å². The van der Waals surface area contributed by atoms with Crippen molar-refractivity contribution in [2.45, 2.75) is 39.7 Å². The van der Waals surface area contributed by atoms with Crippen molar-refractivity contribution in [1.29, 1.82) is 0 Å². The van der Waals surface area contributed by atoms with Crippen LogP contribution in [0.25, 0.3) is 0 Å². The Morgan fingerprint density at radius 2 is 2.21 bits per heavy atom. The molecule has 0 saturated carbocycles. The van der Waals surface area contributed by atoms with E-state index in [0.29, 0.717) is 5.92 Å². The molecule has 0 amide bonds. The molecule has 0 bridgehead atoms. The second-order valence-corrected chi connectivity index (χ2v) is 4.53. The zero-order valence-corrected chi connectivity index (χ0v) is 10.2. The number of rotatable bonds is 1. The molecule has 0 saturated heterocycles. The second kappa shape index (κ2) is 5.62. The van der Waals surface area contributed by atoms with Gasteiger partial charge in [0.1, 0.15) is 0 Å². The molecule has 80 valence electrons. The summed E-state index contributed by atoms with van der Waals surface area (Å²) < 4.78 is 5.68. The first-order chi connectivity index (χ1) is 6.63. The van der Waals surface area contributed by atoms with Gasteiger partial charge in [-0.3, -0.25) is 0 Å². The second-order valence-electron chi connectivity index (χ2n) is 4.05. The number of allylic oxidation sites excluding steroid dienone is 3. The predicted octanol–water partition coefficient (Wildman–Crippen LogP) is 3.58. The molecular weight excluding hydrogens is 192 g/mol. The first-order valence-corrected chi connectivity index (χ1v) is 5.78. The summed E-state index contributed by atoms with van der Waals surface area (Å²) >= 11 is 4.56. The van der Waals surface area contributed by atoms with E-state index in [1.165, 1.54) is 5.57 Å². The van der Waals surface area contributed by atoms with E-state index in [1.54, 1.807) is 0 Å². The Labute approximate surface area is 92.6 Å². The molecule has 1 unspecified atom stereocenters. The highest BCUT2D eigenvalue weighted by atomic mass is 32.1. The zero-order chi connectivity index (χ0) is 10.6. The van der Waals surface area contributed by atoms with Crippen LogP contribution in [0.15, 0.2) is 22.6 Å². The highest BCUT2D eigenvalue weighted by Crippen LogP contribution is 2.25. The van der Waals surface area contributed by atoms with Gasteiger partial charge in [-0.05, 0) is 31.3 Å². The zero-order valence-electron chi connectivity index (χ0n) is 9.29. The fourth-order valence-electron chi connectivity index (χ4n) is 1.56. The van der Waals surface area contributed by atoms with Crippen LogP contribution in [0.2, 0.25) is 0 Å². The van der Waals surface area contributed by atoms with E-state index in [2.05, 4.69) is 45.6 Å². The van der Waals surface area contributed by atoms with Crippen LogP contribution in [-0.2, 0) is 4.74 Å². The van der Waals surface area contributed by atoms with Crippen LogP contribution in [0.3, 0.4) is 0 Å². The molecule has 2 heteroatoms. The lowest BCUT2D eigenvalue weighted by atomic mass is 10.0. The molecule has 1 heterocycles. The van der Waals surface area contributed by atoms with E-state index in [0.717, 1.165) is 24.4 Å². The molecule has 1 aliphatic rings. The average Bonchev–Trinajstić information content (AvgIpc) is 2.20. The fourth-order valence-corrected chi connectivity index (χ4v) is 1.97. The van der Waals surface area contributed by atoms with E-state index in [4.69, 9.17) is 4.74 Å². The lowest BCUT2D eigenvalue weighted by Crippen LogP contribution is -2.11. The van der Waals surface area contributed by atoms with Gasteiger partial charge in [0.2, 0.25) is 0 Å². The minimum Gasteiger partial charge on any atom is -0.373 e. The van der Waals surface area contributed by atoms with Crippen LogP contribution in [0.1, 0.15) is 33.6 Å². The van der Waals surface area contributed by atoms with Gasteiger partial charge in [0.25, 0.3) is 0 Å². The summed E-state index contributed by atoms with van der Waals surface area (Å²) in [7, 11) is 0. The molecule has 1 atom stereocenters. The smallest absolute Gasteiger partial charge is 0.0855 e. The first-order valence-electron chi connectivity index (χ1n) is 5.34. The largest absolute Gasteiger partial charge is 0.373 e. The molecule has 1 nitrogen and oxygen atoms in total. The van der Waals surface area contributed by atoms with E-state index >= 15 is 0 Å². The van der Waals surface area contributed by atoms with Gasteiger partial charge in [0.05, 0.1) is 6.10 Å². The minimum absolute atomic E-state index is 0.137. The topological polar surface area (TPSA) is 9.23 Å². The number of hydrogen-bond acceptors (Lipinski definition) is 2. The van der Waals surface area contributed by atoms with Crippen molar-refractivity contribution in [3.05, 3.63) is 22.6 Å². The van der Waals surface area contributed by atoms with Crippen molar-refractivity contribution >= 4 is 12.6 Å². The first kappa shape index (κ1) is 11.9. The molecule has 0 N–H and O–H groups in total. The molecule has 0 aliphatic carbocycles. The van der Waals surface area contributed by atoms with E-state index < -0.39 is 0 Å². The van der Waals surface area contributed by atoms with Gasteiger partial charge in [-0.15, -0.1) is 12.6 Å². The predicted molar refractivity (Wildman–Crippen MR) is 64.6 cm³/mol. The fraction of sp³-hybridized carbons (Fsp3) is 0.667. The maximum atomic E-state index is 5.68. The van der Waals surface area contributed by atoms with Crippen LogP contribution >= 0.6 is 12.6 Å². The summed E-state index contributed by atoms with van der Waals surface area (Å²) in [6.07, 6.45) is 6.78. The highest BCUT2D eigenvalue weighted by molar-refractivity contribution is 7.84. The SMILES string of the molecule is CC(C)C1=C(\S)C(C)OCCC/C=C\1. The third kappa shape index (κ3) is 3.18. The third-order valence-electron chi connectivity index (χ3n) is 2.48. The normalized spacial score (nSPS) is 32.2. The molecule has 0 spiro atoms. The lowest BCUT2D eigenvalue weighted by Gasteiger charge is -2.17.